The molecule has 2 aromatic rings. The summed E-state index contributed by atoms with van der Waals surface area (Å²) in [7, 11) is 0. The van der Waals surface area contributed by atoms with Crippen LogP contribution in [0.3, 0.4) is 0 Å². The van der Waals surface area contributed by atoms with Crippen LogP contribution in [0.1, 0.15) is 48.3 Å². The summed E-state index contributed by atoms with van der Waals surface area (Å²) in [6.07, 6.45) is 3.84. The van der Waals surface area contributed by atoms with E-state index in [-0.39, 0.29) is 11.9 Å². The van der Waals surface area contributed by atoms with Crippen molar-refractivity contribution in [2.75, 3.05) is 6.26 Å². The van der Waals surface area contributed by atoms with Gasteiger partial charge in [0.25, 0.3) is 0 Å². The van der Waals surface area contributed by atoms with Crippen LogP contribution in [0, 0.1) is 13.8 Å². The molecule has 1 unspecified atom stereocenters. The molecule has 1 aromatic heterocycles. The predicted molar refractivity (Wildman–Crippen MR) is 104 cm³/mol. The third-order valence-corrected chi connectivity index (χ3v) is 4.96. The Balaban J connectivity index is 2.00. The highest BCUT2D eigenvalue weighted by atomic mass is 35.5. The molecule has 0 saturated heterocycles. The molecular weight excluding hydrogens is 354 g/mol. The first-order valence-electron chi connectivity index (χ1n) is 8.37. The first-order valence-corrected chi connectivity index (χ1v) is 9.97. The molecule has 1 aromatic carbocycles. The summed E-state index contributed by atoms with van der Waals surface area (Å²) in [6.45, 7) is 6.00. The highest BCUT2D eigenvalue weighted by Gasteiger charge is 2.15. The van der Waals surface area contributed by atoms with E-state index < -0.39 is 0 Å². The lowest BCUT2D eigenvalue weighted by atomic mass is 10.0. The Morgan fingerprint density at radius 2 is 1.96 bits per heavy atom. The Morgan fingerprint density at radius 1 is 1.28 bits per heavy atom. The van der Waals surface area contributed by atoms with Gasteiger partial charge in [0, 0.05) is 22.8 Å². The van der Waals surface area contributed by atoms with Crippen molar-refractivity contribution in [2.24, 2.45) is 0 Å². The van der Waals surface area contributed by atoms with E-state index in [0.29, 0.717) is 17.9 Å². The second-order valence-corrected chi connectivity index (χ2v) is 7.15. The number of rotatable bonds is 7. The van der Waals surface area contributed by atoms with Crippen molar-refractivity contribution in [1.29, 1.82) is 0 Å². The smallest absolute Gasteiger partial charge is 0.220 e. The van der Waals surface area contributed by atoms with Crippen LogP contribution in [0.25, 0.3) is 0 Å². The van der Waals surface area contributed by atoms with Gasteiger partial charge in [-0.3, -0.25) is 4.79 Å². The van der Waals surface area contributed by atoms with Crippen LogP contribution in [0.5, 0.6) is 0 Å². The fourth-order valence-corrected chi connectivity index (χ4v) is 3.47. The zero-order valence-corrected chi connectivity index (χ0v) is 16.7. The number of halogens is 1. The summed E-state index contributed by atoms with van der Waals surface area (Å²) in [6, 6.07) is 7.61. The van der Waals surface area contributed by atoms with Crippen molar-refractivity contribution in [3.8, 4) is 0 Å². The van der Waals surface area contributed by atoms with Crippen molar-refractivity contribution in [1.82, 2.24) is 15.3 Å². The number of aromatic nitrogens is 2. The summed E-state index contributed by atoms with van der Waals surface area (Å²) in [5.41, 5.74) is 3.99. The fraction of sp³-hybridized carbons (Fsp3) is 0.421. The summed E-state index contributed by atoms with van der Waals surface area (Å²) in [5.74, 6) is 0.0274. The van der Waals surface area contributed by atoms with Gasteiger partial charge in [0.15, 0.2) is 5.16 Å². The lowest BCUT2D eigenvalue weighted by molar-refractivity contribution is -0.121. The molecule has 0 spiro atoms. The van der Waals surface area contributed by atoms with Gasteiger partial charge in [-0.15, -0.1) is 0 Å². The van der Waals surface area contributed by atoms with E-state index >= 15 is 0 Å². The van der Waals surface area contributed by atoms with E-state index in [9.17, 15) is 4.79 Å². The zero-order valence-electron chi connectivity index (χ0n) is 15.1. The van der Waals surface area contributed by atoms with Crippen LogP contribution >= 0.6 is 23.4 Å². The summed E-state index contributed by atoms with van der Waals surface area (Å²) >= 11 is 7.58. The molecule has 0 aliphatic heterocycles. The zero-order chi connectivity index (χ0) is 18.4. The van der Waals surface area contributed by atoms with E-state index in [1.165, 1.54) is 11.8 Å². The van der Waals surface area contributed by atoms with Gasteiger partial charge in [0.1, 0.15) is 0 Å². The number of nitrogens with one attached hydrogen (secondary N) is 1. The molecule has 1 amide bonds. The second kappa shape index (κ2) is 9.20. The van der Waals surface area contributed by atoms with Crippen LogP contribution in [0.2, 0.25) is 5.02 Å². The van der Waals surface area contributed by atoms with Crippen molar-refractivity contribution >= 4 is 29.3 Å². The number of hydrogen-bond donors (Lipinski definition) is 1. The Bertz CT molecular complexity index is 728. The number of carbonyl (C=O) groups excluding carboxylic acids is 1. The van der Waals surface area contributed by atoms with Gasteiger partial charge in [0.2, 0.25) is 5.91 Å². The molecule has 1 atom stereocenters. The van der Waals surface area contributed by atoms with Gasteiger partial charge < -0.3 is 5.32 Å². The van der Waals surface area contributed by atoms with Crippen LogP contribution < -0.4 is 5.32 Å². The highest BCUT2D eigenvalue weighted by molar-refractivity contribution is 7.98. The maximum atomic E-state index is 12.4. The van der Waals surface area contributed by atoms with Crippen LogP contribution in [0.4, 0.5) is 0 Å². The van der Waals surface area contributed by atoms with E-state index in [4.69, 9.17) is 11.6 Å². The predicted octanol–water partition coefficient (Wildman–Crippen LogP) is 4.67. The molecule has 6 heteroatoms. The van der Waals surface area contributed by atoms with Crippen molar-refractivity contribution in [3.05, 3.63) is 51.8 Å². The summed E-state index contributed by atoms with van der Waals surface area (Å²) in [5, 5.41) is 4.56. The molecule has 1 N–H and O–H groups in total. The molecule has 0 radical (unpaired) electrons. The maximum absolute atomic E-state index is 12.4. The Kier molecular flexibility index (Phi) is 7.26. The molecule has 0 bridgehead atoms. The van der Waals surface area contributed by atoms with E-state index in [1.54, 1.807) is 0 Å². The fourth-order valence-electron chi connectivity index (χ4n) is 2.81. The number of benzene rings is 1. The number of hydrogen-bond acceptors (Lipinski definition) is 4. The Hall–Kier alpha value is -1.59. The molecule has 0 saturated carbocycles. The average Bonchev–Trinajstić information content (AvgIpc) is 2.58. The lowest BCUT2D eigenvalue weighted by Gasteiger charge is -2.18. The number of carbonyl (C=O) groups is 1. The first-order chi connectivity index (χ1) is 11.9. The third-order valence-electron chi connectivity index (χ3n) is 4.18. The molecule has 0 aliphatic rings. The quantitative estimate of drug-likeness (QED) is 0.562. The third kappa shape index (κ3) is 5.44. The van der Waals surface area contributed by atoms with Crippen molar-refractivity contribution < 1.29 is 4.79 Å². The molecule has 0 aliphatic carbocycles. The standard InChI is InChI=1S/C19H24ClN3OS/c1-5-17(14-7-6-8-15(20)11-14)23-18(24)10-9-16-12(2)21-19(25-4)22-13(16)3/h6-8,11,17H,5,9-10H2,1-4H3,(H,23,24). The van der Waals surface area contributed by atoms with E-state index in [1.807, 2.05) is 44.4 Å². The van der Waals surface area contributed by atoms with Gasteiger partial charge in [-0.1, -0.05) is 42.4 Å². The van der Waals surface area contributed by atoms with Gasteiger partial charge >= 0.3 is 0 Å². The minimum atomic E-state index is -0.0245. The lowest BCUT2D eigenvalue weighted by Crippen LogP contribution is -2.28. The maximum Gasteiger partial charge on any atom is 0.220 e. The monoisotopic (exact) mass is 377 g/mol. The minimum absolute atomic E-state index is 0.0245. The van der Waals surface area contributed by atoms with Gasteiger partial charge in [0.05, 0.1) is 6.04 Å². The highest BCUT2D eigenvalue weighted by Crippen LogP contribution is 2.21. The molecule has 1 heterocycles. The number of thioether (sulfide) groups is 1. The summed E-state index contributed by atoms with van der Waals surface area (Å²) in [4.78, 5) is 21.3. The van der Waals surface area contributed by atoms with Gasteiger partial charge in [-0.25, -0.2) is 9.97 Å². The second-order valence-electron chi connectivity index (χ2n) is 5.94. The average molecular weight is 378 g/mol. The molecule has 4 nitrogen and oxygen atoms in total. The van der Waals surface area contributed by atoms with Crippen LogP contribution in [0.15, 0.2) is 29.4 Å². The molecule has 0 fully saturated rings. The summed E-state index contributed by atoms with van der Waals surface area (Å²) < 4.78 is 0. The number of aryl methyl sites for hydroxylation is 2. The van der Waals surface area contributed by atoms with E-state index in [0.717, 1.165) is 34.1 Å². The molecule has 134 valence electrons. The molecular formula is C19H24ClN3OS. The van der Waals surface area contributed by atoms with E-state index in [2.05, 4.69) is 22.2 Å². The Labute approximate surface area is 158 Å². The van der Waals surface area contributed by atoms with Gasteiger partial charge in [-0.05, 0) is 56.2 Å². The number of nitrogens with zero attached hydrogens (tertiary/aromatic N) is 2. The number of amides is 1. The van der Waals surface area contributed by atoms with Crippen LogP contribution in [-0.4, -0.2) is 22.1 Å². The largest absolute Gasteiger partial charge is 0.349 e. The van der Waals surface area contributed by atoms with Gasteiger partial charge in [-0.2, -0.15) is 0 Å². The van der Waals surface area contributed by atoms with Crippen molar-refractivity contribution in [2.45, 2.75) is 51.2 Å². The molecule has 2 rings (SSSR count). The minimum Gasteiger partial charge on any atom is -0.349 e. The topological polar surface area (TPSA) is 54.9 Å². The first kappa shape index (κ1) is 19.7. The molecule has 25 heavy (non-hydrogen) atoms. The Morgan fingerprint density at radius 3 is 2.52 bits per heavy atom. The van der Waals surface area contributed by atoms with Crippen molar-refractivity contribution in [3.63, 3.8) is 0 Å². The van der Waals surface area contributed by atoms with Crippen LogP contribution in [-0.2, 0) is 11.2 Å². The normalized spacial score (nSPS) is 12.0. The SMILES string of the molecule is CCC(NC(=O)CCc1c(C)nc(SC)nc1C)c1cccc(Cl)c1.